The fraction of sp³-hybridized carbons (Fsp3) is 0.294. The average Bonchev–Trinajstić information content (AvgIpc) is 3.22. The van der Waals surface area contributed by atoms with Crippen molar-refractivity contribution in [3.63, 3.8) is 0 Å². The monoisotopic (exact) mass is 391 g/mol. The van der Waals surface area contributed by atoms with Gasteiger partial charge in [-0.25, -0.2) is 14.2 Å². The maximum Gasteiger partial charge on any atom is 0.325 e. The van der Waals surface area contributed by atoms with E-state index in [-0.39, 0.29) is 36.6 Å². The molecular weight excluding hydrogens is 373 g/mol. The van der Waals surface area contributed by atoms with Crippen LogP contribution in [0.25, 0.3) is 0 Å². The lowest BCUT2D eigenvalue weighted by atomic mass is 10.3. The lowest BCUT2D eigenvalue weighted by Crippen LogP contribution is -2.37. The van der Waals surface area contributed by atoms with Gasteiger partial charge >= 0.3 is 6.03 Å². The molecule has 10 heteroatoms. The van der Waals surface area contributed by atoms with E-state index in [2.05, 4.69) is 15.6 Å². The van der Waals surface area contributed by atoms with Crippen LogP contribution in [0.5, 0.6) is 0 Å². The molecule has 1 fully saturated rings. The number of hydrogen-bond donors (Lipinski definition) is 2. The summed E-state index contributed by atoms with van der Waals surface area (Å²) in [7, 11) is 1.54. The Morgan fingerprint density at radius 2 is 1.96 bits per heavy atom. The topological polar surface area (TPSA) is 94.6 Å². The molecule has 27 heavy (non-hydrogen) atoms. The Balaban J connectivity index is 1.54. The lowest BCUT2D eigenvalue weighted by Gasteiger charge is -2.18. The number of carbonyl (C=O) groups excluding carboxylic acids is 3. The van der Waals surface area contributed by atoms with E-state index in [0.29, 0.717) is 29.6 Å². The Labute approximate surface area is 159 Å². The van der Waals surface area contributed by atoms with Gasteiger partial charge in [0.25, 0.3) is 0 Å². The molecule has 1 saturated heterocycles. The van der Waals surface area contributed by atoms with Crippen molar-refractivity contribution in [2.75, 3.05) is 36.9 Å². The number of amides is 4. The summed E-state index contributed by atoms with van der Waals surface area (Å²) in [6.45, 7) is 0.704. The number of halogens is 1. The van der Waals surface area contributed by atoms with E-state index in [0.717, 1.165) is 0 Å². The number of urea groups is 1. The van der Waals surface area contributed by atoms with Crippen LogP contribution in [0.3, 0.4) is 0 Å². The summed E-state index contributed by atoms with van der Waals surface area (Å²) in [6, 6.07) is 5.32. The molecule has 0 spiro atoms. The third-order valence-corrected chi connectivity index (χ3v) is 4.79. The van der Waals surface area contributed by atoms with E-state index in [1.807, 2.05) is 0 Å². The zero-order chi connectivity index (χ0) is 19.4. The second-order valence-electron chi connectivity index (χ2n) is 5.87. The molecule has 142 valence electrons. The number of benzene rings is 1. The molecule has 4 amide bonds. The molecule has 1 aromatic carbocycles. The van der Waals surface area contributed by atoms with Gasteiger partial charge < -0.3 is 15.5 Å². The number of aromatic nitrogens is 1. The summed E-state index contributed by atoms with van der Waals surface area (Å²) < 4.78 is 13.0. The number of anilines is 2. The number of nitrogens with zero attached hydrogens (tertiary/aromatic N) is 3. The Morgan fingerprint density at radius 1 is 1.22 bits per heavy atom. The minimum atomic E-state index is -0.374. The van der Waals surface area contributed by atoms with Crippen LogP contribution in [-0.4, -0.2) is 54.4 Å². The van der Waals surface area contributed by atoms with Gasteiger partial charge in [-0.05, 0) is 24.3 Å². The predicted octanol–water partition coefficient (Wildman–Crippen LogP) is 1.45. The van der Waals surface area contributed by atoms with Crippen LogP contribution in [0.4, 0.5) is 20.0 Å². The molecule has 1 aromatic heterocycles. The van der Waals surface area contributed by atoms with Gasteiger partial charge in [0.1, 0.15) is 12.4 Å². The molecule has 1 aliphatic rings. The standard InChI is InChI=1S/C17H18FN5O3S/c1-19-14(24)8-12-10-27-16(20-12)21-15(25)9-22-6-7-23(17(22)26)13-4-2-11(18)3-5-13/h2-5,10H,6-9H2,1H3,(H,19,24)(H,20,21,25). The largest absolute Gasteiger partial charge is 0.359 e. The molecule has 0 atom stereocenters. The van der Waals surface area contributed by atoms with Gasteiger partial charge in [0, 0.05) is 31.2 Å². The van der Waals surface area contributed by atoms with Crippen LogP contribution < -0.4 is 15.5 Å². The lowest BCUT2D eigenvalue weighted by molar-refractivity contribution is -0.120. The third-order valence-electron chi connectivity index (χ3n) is 3.99. The number of likely N-dealkylation sites (N-methyl/N-ethyl adjacent to an activating group) is 1. The Morgan fingerprint density at radius 3 is 2.67 bits per heavy atom. The predicted molar refractivity (Wildman–Crippen MR) is 99.2 cm³/mol. The minimum Gasteiger partial charge on any atom is -0.359 e. The van der Waals surface area contributed by atoms with Gasteiger partial charge in [0.05, 0.1) is 12.1 Å². The molecule has 0 radical (unpaired) electrons. The second kappa shape index (κ2) is 8.12. The Hall–Kier alpha value is -3.01. The first-order valence-electron chi connectivity index (χ1n) is 8.23. The first kappa shape index (κ1) is 18.8. The van der Waals surface area contributed by atoms with Crippen LogP contribution in [0.1, 0.15) is 5.69 Å². The van der Waals surface area contributed by atoms with Crippen LogP contribution in [-0.2, 0) is 16.0 Å². The van der Waals surface area contributed by atoms with Gasteiger partial charge in [0.15, 0.2) is 5.13 Å². The van der Waals surface area contributed by atoms with E-state index in [1.165, 1.54) is 45.4 Å². The maximum atomic E-state index is 13.0. The fourth-order valence-electron chi connectivity index (χ4n) is 2.62. The number of hydrogen-bond acceptors (Lipinski definition) is 5. The van der Waals surface area contributed by atoms with Gasteiger partial charge in [-0.1, -0.05) is 0 Å². The zero-order valence-corrected chi connectivity index (χ0v) is 15.4. The summed E-state index contributed by atoms with van der Waals surface area (Å²) in [5.41, 5.74) is 1.15. The summed E-state index contributed by atoms with van der Waals surface area (Å²) in [6.07, 6.45) is 0.139. The van der Waals surface area contributed by atoms with Crippen molar-refractivity contribution < 1.29 is 18.8 Å². The zero-order valence-electron chi connectivity index (χ0n) is 14.6. The van der Waals surface area contributed by atoms with Crippen molar-refractivity contribution in [1.82, 2.24) is 15.2 Å². The molecule has 0 aliphatic carbocycles. The molecule has 0 bridgehead atoms. The van der Waals surface area contributed by atoms with Crippen LogP contribution in [0.15, 0.2) is 29.6 Å². The first-order chi connectivity index (χ1) is 13.0. The van der Waals surface area contributed by atoms with E-state index < -0.39 is 0 Å². The molecule has 2 heterocycles. The number of thiazole rings is 1. The van der Waals surface area contributed by atoms with Gasteiger partial charge in [-0.2, -0.15) is 0 Å². The number of rotatable bonds is 6. The van der Waals surface area contributed by atoms with Crippen molar-refractivity contribution >= 4 is 40.0 Å². The minimum absolute atomic E-state index is 0.110. The Kier molecular flexibility index (Phi) is 5.65. The van der Waals surface area contributed by atoms with E-state index in [1.54, 1.807) is 12.4 Å². The van der Waals surface area contributed by atoms with Gasteiger partial charge in [0.2, 0.25) is 11.8 Å². The molecule has 0 unspecified atom stereocenters. The van der Waals surface area contributed by atoms with Crippen molar-refractivity contribution in [3.05, 3.63) is 41.2 Å². The van der Waals surface area contributed by atoms with Gasteiger partial charge in [-0.3, -0.25) is 14.5 Å². The second-order valence-corrected chi connectivity index (χ2v) is 6.73. The summed E-state index contributed by atoms with van der Waals surface area (Å²) in [5.74, 6) is -0.910. The third kappa shape index (κ3) is 4.59. The van der Waals surface area contributed by atoms with Crippen LogP contribution >= 0.6 is 11.3 Å². The fourth-order valence-corrected chi connectivity index (χ4v) is 3.35. The number of nitrogens with one attached hydrogen (secondary N) is 2. The maximum absolute atomic E-state index is 13.0. The van der Waals surface area contributed by atoms with Crippen molar-refractivity contribution in [3.8, 4) is 0 Å². The molecule has 8 nitrogen and oxygen atoms in total. The van der Waals surface area contributed by atoms with Crippen molar-refractivity contribution in [2.45, 2.75) is 6.42 Å². The SMILES string of the molecule is CNC(=O)Cc1csc(NC(=O)CN2CCN(c3ccc(F)cc3)C2=O)n1. The molecule has 0 saturated carbocycles. The highest BCUT2D eigenvalue weighted by Crippen LogP contribution is 2.21. The summed E-state index contributed by atoms with van der Waals surface area (Å²) >= 11 is 1.22. The summed E-state index contributed by atoms with van der Waals surface area (Å²) in [5, 5.41) is 7.22. The highest BCUT2D eigenvalue weighted by Gasteiger charge is 2.31. The van der Waals surface area contributed by atoms with E-state index >= 15 is 0 Å². The average molecular weight is 391 g/mol. The van der Waals surface area contributed by atoms with Gasteiger partial charge in [-0.15, -0.1) is 11.3 Å². The highest BCUT2D eigenvalue weighted by molar-refractivity contribution is 7.13. The quantitative estimate of drug-likeness (QED) is 0.779. The first-order valence-corrected chi connectivity index (χ1v) is 9.11. The Bertz CT molecular complexity index is 855. The van der Waals surface area contributed by atoms with E-state index in [9.17, 15) is 18.8 Å². The smallest absolute Gasteiger partial charge is 0.325 e. The molecule has 2 aromatic rings. The van der Waals surface area contributed by atoms with E-state index in [4.69, 9.17) is 0 Å². The number of carbonyl (C=O) groups is 3. The molecular formula is C17H18FN5O3S. The van der Waals surface area contributed by atoms with Crippen LogP contribution in [0.2, 0.25) is 0 Å². The van der Waals surface area contributed by atoms with Crippen LogP contribution in [0, 0.1) is 5.82 Å². The van der Waals surface area contributed by atoms with Crippen molar-refractivity contribution in [1.29, 1.82) is 0 Å². The molecule has 2 N–H and O–H groups in total. The molecule has 3 rings (SSSR count). The highest BCUT2D eigenvalue weighted by atomic mass is 32.1. The summed E-state index contributed by atoms with van der Waals surface area (Å²) in [4.78, 5) is 43.1. The molecule has 1 aliphatic heterocycles. The van der Waals surface area contributed by atoms with Crippen molar-refractivity contribution in [2.24, 2.45) is 0 Å². The normalized spacial score (nSPS) is 13.8.